The second-order valence-corrected chi connectivity index (χ2v) is 10.00. The molecular weight excluding hydrogens is 579 g/mol. The molecule has 1 aromatic carbocycles. The minimum Gasteiger partial charge on any atom is -0.508 e. The number of fused-ring (bicyclic) bond motifs is 3. The number of alkyl halides is 3. The molecule has 1 N–H and O–H groups in total. The average Bonchev–Trinajstić information content (AvgIpc) is 3.11. The van der Waals surface area contributed by atoms with Gasteiger partial charge in [-0.1, -0.05) is 11.6 Å². The Kier molecular flexibility index (Phi) is 6.08. The highest BCUT2D eigenvalue weighted by Gasteiger charge is 2.58. The molecular formula is C25H17BrF3NO8. The highest BCUT2D eigenvalue weighted by molar-refractivity contribution is 9.12. The van der Waals surface area contributed by atoms with Gasteiger partial charge in [-0.25, -0.2) is 4.79 Å². The third-order valence-electron chi connectivity index (χ3n) is 7.23. The van der Waals surface area contributed by atoms with E-state index in [4.69, 9.17) is 0 Å². The normalized spacial score (nSPS) is 26.9. The molecule has 1 heterocycles. The van der Waals surface area contributed by atoms with Gasteiger partial charge >= 0.3 is 12.5 Å². The first-order valence-corrected chi connectivity index (χ1v) is 12.1. The lowest BCUT2D eigenvalue weighted by Crippen LogP contribution is -2.40. The van der Waals surface area contributed by atoms with Crippen molar-refractivity contribution >= 4 is 45.4 Å². The van der Waals surface area contributed by atoms with Crippen LogP contribution in [0.5, 0.6) is 11.5 Å². The molecule has 4 unspecified atom stereocenters. The van der Waals surface area contributed by atoms with Crippen molar-refractivity contribution in [1.29, 1.82) is 0 Å². The van der Waals surface area contributed by atoms with Crippen molar-refractivity contribution in [2.24, 2.45) is 17.8 Å². The summed E-state index contributed by atoms with van der Waals surface area (Å²) in [4.78, 5) is 65.1. The number of hydrogen-bond donors (Lipinski definition) is 1. The first-order valence-electron chi connectivity index (χ1n) is 11.3. The average molecular weight is 596 g/mol. The van der Waals surface area contributed by atoms with Crippen LogP contribution in [0.25, 0.3) is 0 Å². The summed E-state index contributed by atoms with van der Waals surface area (Å²) in [7, 11) is 1.01. The fourth-order valence-corrected chi connectivity index (χ4v) is 6.24. The van der Waals surface area contributed by atoms with Gasteiger partial charge < -0.3 is 14.6 Å². The summed E-state index contributed by atoms with van der Waals surface area (Å²) in [5, 5.41) is 10.7. The third kappa shape index (κ3) is 3.96. The molecule has 1 aromatic rings. The summed E-state index contributed by atoms with van der Waals surface area (Å²) in [5.41, 5.74) is 0.156. The number of carbonyl (C=O) groups excluding carboxylic acids is 5. The van der Waals surface area contributed by atoms with Gasteiger partial charge in [-0.15, -0.1) is 13.2 Å². The van der Waals surface area contributed by atoms with E-state index in [-0.39, 0.29) is 34.0 Å². The summed E-state index contributed by atoms with van der Waals surface area (Å²) < 4.78 is 47.3. The van der Waals surface area contributed by atoms with Crippen molar-refractivity contribution in [1.82, 2.24) is 4.90 Å². The Hall–Kier alpha value is -3.74. The van der Waals surface area contributed by atoms with E-state index in [1.807, 2.05) is 0 Å². The molecule has 0 aromatic heterocycles. The lowest BCUT2D eigenvalue weighted by atomic mass is 9.59. The number of imide groups is 3. The molecule has 0 spiro atoms. The Morgan fingerprint density at radius 3 is 2.50 bits per heavy atom. The van der Waals surface area contributed by atoms with E-state index >= 15 is 0 Å². The van der Waals surface area contributed by atoms with Gasteiger partial charge in [0.15, 0.2) is 11.6 Å². The molecule has 9 nitrogen and oxygen atoms in total. The fraction of sp³-hybridized carbons (Fsp3) is 0.320. The number of ketones is 2. The third-order valence-corrected chi connectivity index (χ3v) is 7.82. The van der Waals surface area contributed by atoms with E-state index in [0.717, 1.165) is 31.4 Å². The number of ether oxygens (including phenoxy) is 2. The van der Waals surface area contributed by atoms with E-state index in [2.05, 4.69) is 25.4 Å². The number of methoxy groups -OCH3 is 1. The van der Waals surface area contributed by atoms with Gasteiger partial charge in [-0.3, -0.25) is 19.2 Å². The number of carbonyl (C=O) groups is 5. The molecule has 0 bridgehead atoms. The van der Waals surface area contributed by atoms with Crippen LogP contribution >= 0.6 is 15.9 Å². The quantitative estimate of drug-likeness (QED) is 0.310. The number of nitrogens with zero attached hydrogens (tertiary/aromatic N) is 1. The first kappa shape index (κ1) is 25.9. The predicted octanol–water partition coefficient (Wildman–Crippen LogP) is 3.82. The molecule has 13 heteroatoms. The van der Waals surface area contributed by atoms with E-state index in [0.29, 0.717) is 10.5 Å². The van der Waals surface area contributed by atoms with Crippen molar-refractivity contribution in [2.75, 3.05) is 7.11 Å². The van der Waals surface area contributed by atoms with Crippen LogP contribution in [0.2, 0.25) is 0 Å². The Bertz CT molecular complexity index is 1430. The van der Waals surface area contributed by atoms with E-state index < -0.39 is 71.0 Å². The van der Waals surface area contributed by atoms with Gasteiger partial charge in [0.05, 0.1) is 23.4 Å². The van der Waals surface area contributed by atoms with Crippen LogP contribution in [-0.4, -0.2) is 53.0 Å². The second-order valence-electron chi connectivity index (χ2n) is 9.14. The van der Waals surface area contributed by atoms with Crippen molar-refractivity contribution < 1.29 is 51.7 Å². The number of rotatable bonds is 2. The number of allylic oxidation sites excluding steroid dienone is 6. The largest absolute Gasteiger partial charge is 0.573 e. The second kappa shape index (κ2) is 8.93. The van der Waals surface area contributed by atoms with E-state index in [9.17, 15) is 42.3 Å². The highest BCUT2D eigenvalue weighted by atomic mass is 79.9. The predicted molar refractivity (Wildman–Crippen MR) is 124 cm³/mol. The van der Waals surface area contributed by atoms with Gasteiger partial charge in [-0.05, 0) is 52.9 Å². The number of likely N-dealkylation sites (tertiary alicyclic amines) is 1. The molecule has 0 radical (unpaired) electrons. The molecule has 1 aliphatic heterocycles. The summed E-state index contributed by atoms with van der Waals surface area (Å²) >= 11 is 3.05. The number of hydrogen-bond acceptors (Lipinski definition) is 8. The van der Waals surface area contributed by atoms with Crippen LogP contribution < -0.4 is 4.74 Å². The zero-order valence-electron chi connectivity index (χ0n) is 19.4. The minimum absolute atomic E-state index is 0.00418. The maximum absolute atomic E-state index is 13.3. The van der Waals surface area contributed by atoms with Crippen molar-refractivity contribution in [2.45, 2.75) is 25.1 Å². The number of phenols is 1. The lowest BCUT2D eigenvalue weighted by Gasteiger charge is -2.42. The summed E-state index contributed by atoms with van der Waals surface area (Å²) in [5.74, 6) is -8.06. The maximum atomic E-state index is 13.3. The van der Waals surface area contributed by atoms with Crippen molar-refractivity contribution in [3.8, 4) is 11.5 Å². The van der Waals surface area contributed by atoms with Crippen molar-refractivity contribution in [3.05, 3.63) is 57.1 Å². The molecule has 38 heavy (non-hydrogen) atoms. The highest BCUT2D eigenvalue weighted by Crippen LogP contribution is 2.56. The number of halogens is 4. The number of amides is 3. The lowest BCUT2D eigenvalue weighted by molar-refractivity contribution is -0.274. The Labute approximate surface area is 220 Å². The number of aromatic hydroxyl groups is 1. The zero-order valence-corrected chi connectivity index (χ0v) is 21.0. The van der Waals surface area contributed by atoms with Gasteiger partial charge in [0.2, 0.25) is 11.8 Å². The van der Waals surface area contributed by atoms with Crippen LogP contribution in [-0.2, 0) is 23.9 Å². The smallest absolute Gasteiger partial charge is 0.508 e. The molecule has 3 aliphatic carbocycles. The maximum Gasteiger partial charge on any atom is 0.573 e. The molecule has 3 amide bonds. The number of phenolic OH excluding ortho intramolecular Hbond substituents is 1. The topological polar surface area (TPSA) is 127 Å². The molecule has 1 fully saturated rings. The van der Waals surface area contributed by atoms with E-state index in [1.54, 1.807) is 6.08 Å². The number of benzene rings is 1. The van der Waals surface area contributed by atoms with Crippen LogP contribution in [0.3, 0.4) is 0 Å². The van der Waals surface area contributed by atoms with E-state index in [1.165, 1.54) is 0 Å². The van der Waals surface area contributed by atoms with Gasteiger partial charge in [0.1, 0.15) is 11.5 Å². The fourth-order valence-electron chi connectivity index (χ4n) is 5.79. The van der Waals surface area contributed by atoms with Gasteiger partial charge in [-0.2, -0.15) is 4.90 Å². The monoisotopic (exact) mass is 595 g/mol. The van der Waals surface area contributed by atoms with Gasteiger partial charge in [0.25, 0.3) is 0 Å². The van der Waals surface area contributed by atoms with Gasteiger partial charge in [0, 0.05) is 28.7 Å². The summed E-state index contributed by atoms with van der Waals surface area (Å²) in [6, 6.07) is 2.78. The standard InChI is InChI=1S/C25H17BrF3NO8/c1-37-24(36)30-22(34)11-4-3-10-12(19(11)23(30)35)7-14-20(17(32)8-15(26)21(14)33)18(10)13-6-9(2-5-16(13)31)38-25(27,28)29/h2-3,5-6,8,11-12,18-19,31H,4,7H2,1H3. The number of Topliss-reactive ketones (excluding diaryl/α,β-unsaturated/α-hetero) is 1. The molecule has 5 rings (SSSR count). The minimum atomic E-state index is -5.04. The van der Waals surface area contributed by atoms with Crippen LogP contribution in [0, 0.1) is 17.8 Å². The molecule has 198 valence electrons. The van der Waals surface area contributed by atoms with Crippen LogP contribution in [0.4, 0.5) is 18.0 Å². The molecule has 4 aliphatic rings. The van der Waals surface area contributed by atoms with Crippen LogP contribution in [0.15, 0.2) is 51.6 Å². The molecule has 4 atom stereocenters. The summed E-state index contributed by atoms with van der Waals surface area (Å²) in [6.45, 7) is 0. The van der Waals surface area contributed by atoms with Crippen molar-refractivity contribution in [3.63, 3.8) is 0 Å². The first-order chi connectivity index (χ1) is 17.8. The Morgan fingerprint density at radius 2 is 1.84 bits per heavy atom. The Morgan fingerprint density at radius 1 is 1.13 bits per heavy atom. The SMILES string of the molecule is COC(=O)N1C(=O)C2CC=C3C(c4cc(OC(F)(F)F)ccc4O)C4=C(CC3C2C1=O)C(=O)C(Br)=CC4=O. The molecule has 1 saturated heterocycles. The van der Waals surface area contributed by atoms with Crippen LogP contribution in [0.1, 0.15) is 24.3 Å². The zero-order chi connectivity index (χ0) is 27.7. The summed E-state index contributed by atoms with van der Waals surface area (Å²) in [6.07, 6.45) is -3.74. The molecule has 0 saturated carbocycles. The Balaban J connectivity index is 1.69.